The molecule has 0 saturated carbocycles. The van der Waals surface area contributed by atoms with Gasteiger partial charge in [0.2, 0.25) is 0 Å². The number of aryl methyl sites for hydroxylation is 2. The molecule has 152 valence electrons. The van der Waals surface area contributed by atoms with Crippen molar-refractivity contribution in [2.24, 2.45) is 0 Å². The van der Waals surface area contributed by atoms with Crippen molar-refractivity contribution in [3.05, 3.63) is 52.3 Å². The van der Waals surface area contributed by atoms with Gasteiger partial charge >= 0.3 is 0 Å². The third-order valence-electron chi connectivity index (χ3n) is 4.44. The normalized spacial score (nSPS) is 10.6. The number of benzene rings is 1. The molecule has 0 aliphatic rings. The van der Waals surface area contributed by atoms with Crippen LogP contribution < -0.4 is 10.7 Å². The molecule has 0 unspecified atom stereocenters. The highest BCUT2D eigenvalue weighted by molar-refractivity contribution is 7.80. The van der Waals surface area contributed by atoms with Crippen LogP contribution >= 0.6 is 12.2 Å². The summed E-state index contributed by atoms with van der Waals surface area (Å²) in [5, 5.41) is 9.60. The topological polar surface area (TPSA) is 71.4 Å². The molecule has 2 rings (SSSR count). The lowest BCUT2D eigenvalue weighted by molar-refractivity contribution is 0.0885. The van der Waals surface area contributed by atoms with Gasteiger partial charge in [0, 0.05) is 33.0 Å². The molecule has 0 fully saturated rings. The number of aromatic nitrogens is 2. The van der Waals surface area contributed by atoms with Gasteiger partial charge in [-0.1, -0.05) is 29.8 Å². The number of hydrazine groups is 1. The molecule has 0 aliphatic carbocycles. The van der Waals surface area contributed by atoms with Crippen molar-refractivity contribution in [2.45, 2.75) is 33.7 Å². The number of thiocarbonyl (C=S) groups is 1. The number of nitrogens with zero attached hydrogens (tertiary/aromatic N) is 3. The van der Waals surface area contributed by atoms with E-state index in [1.807, 2.05) is 18.5 Å². The predicted molar refractivity (Wildman–Crippen MR) is 114 cm³/mol. The lowest BCUT2D eigenvalue weighted by atomic mass is 10.1. The Bertz CT molecular complexity index is 817. The molecule has 0 atom stereocenters. The number of nitrogens with one attached hydrogen (secondary N) is 2. The van der Waals surface area contributed by atoms with Gasteiger partial charge in [-0.15, -0.1) is 0 Å². The van der Waals surface area contributed by atoms with Gasteiger partial charge in [0.1, 0.15) is 0 Å². The lowest BCUT2D eigenvalue weighted by Crippen LogP contribution is -2.48. The highest BCUT2D eigenvalue weighted by atomic mass is 32.1. The van der Waals surface area contributed by atoms with Crippen molar-refractivity contribution in [2.75, 3.05) is 27.3 Å². The number of carbonyl (C=O) groups is 1. The number of rotatable bonds is 7. The van der Waals surface area contributed by atoms with E-state index < -0.39 is 0 Å². The Morgan fingerprint density at radius 3 is 2.57 bits per heavy atom. The van der Waals surface area contributed by atoms with Gasteiger partial charge in [0.05, 0.1) is 17.8 Å². The van der Waals surface area contributed by atoms with E-state index in [4.69, 9.17) is 17.0 Å². The van der Waals surface area contributed by atoms with E-state index >= 15 is 0 Å². The molecule has 1 heterocycles. The van der Waals surface area contributed by atoms with Crippen LogP contribution in [0.5, 0.6) is 0 Å². The van der Waals surface area contributed by atoms with Gasteiger partial charge in [-0.05, 0) is 45.0 Å². The first-order valence-corrected chi connectivity index (χ1v) is 9.65. The van der Waals surface area contributed by atoms with Crippen LogP contribution in [0, 0.1) is 20.8 Å². The van der Waals surface area contributed by atoms with Crippen LogP contribution in [-0.2, 0) is 11.3 Å². The van der Waals surface area contributed by atoms with Crippen molar-refractivity contribution < 1.29 is 9.53 Å². The molecule has 1 aromatic heterocycles. The molecule has 0 bridgehead atoms. The second-order valence-electron chi connectivity index (χ2n) is 6.77. The number of methoxy groups -OCH3 is 1. The fourth-order valence-electron chi connectivity index (χ4n) is 2.84. The third-order valence-corrected chi connectivity index (χ3v) is 4.86. The minimum atomic E-state index is -0.228. The average molecular weight is 404 g/mol. The smallest absolute Gasteiger partial charge is 0.273 e. The van der Waals surface area contributed by atoms with Gasteiger partial charge in [-0.2, -0.15) is 5.10 Å². The van der Waals surface area contributed by atoms with Crippen molar-refractivity contribution >= 4 is 23.2 Å². The number of carbonyl (C=O) groups excluding carboxylic acids is 1. The summed E-state index contributed by atoms with van der Waals surface area (Å²) in [6.07, 6.45) is 0.836. The molecule has 1 aromatic carbocycles. The van der Waals surface area contributed by atoms with E-state index in [1.54, 1.807) is 14.2 Å². The summed E-state index contributed by atoms with van der Waals surface area (Å²) in [6.45, 7) is 7.77. The number of amides is 1. The SMILES string of the molecule is COCCCNC(=S)N(C)NC(=O)c1c(C)nn(Cc2ccc(C)cc2)c1C. The molecule has 7 nitrogen and oxygen atoms in total. The summed E-state index contributed by atoms with van der Waals surface area (Å²) >= 11 is 5.30. The van der Waals surface area contributed by atoms with E-state index in [0.29, 0.717) is 36.1 Å². The molecule has 0 radical (unpaired) electrons. The Kier molecular flexibility index (Phi) is 7.95. The second kappa shape index (κ2) is 10.2. The van der Waals surface area contributed by atoms with Crippen LogP contribution in [0.3, 0.4) is 0 Å². The minimum absolute atomic E-state index is 0.228. The Balaban J connectivity index is 2.02. The summed E-state index contributed by atoms with van der Waals surface area (Å²) in [7, 11) is 3.37. The van der Waals surface area contributed by atoms with E-state index in [2.05, 4.69) is 47.0 Å². The standard InChI is InChI=1S/C20H29N5O2S/c1-14-7-9-17(10-8-14)13-25-16(3)18(15(2)22-25)19(26)23-24(4)20(28)21-11-6-12-27-5/h7-10H,6,11-13H2,1-5H3,(H,21,28)(H,23,26). The predicted octanol–water partition coefficient (Wildman–Crippen LogP) is 2.34. The largest absolute Gasteiger partial charge is 0.385 e. The highest BCUT2D eigenvalue weighted by Gasteiger charge is 2.20. The van der Waals surface area contributed by atoms with Crippen molar-refractivity contribution in [3.8, 4) is 0 Å². The van der Waals surface area contributed by atoms with Crippen LogP contribution in [0.15, 0.2) is 24.3 Å². The molecule has 1 amide bonds. The van der Waals surface area contributed by atoms with Crippen LogP contribution in [-0.4, -0.2) is 53.1 Å². The molecule has 0 spiro atoms. The van der Waals surface area contributed by atoms with Gasteiger partial charge in [-0.25, -0.2) is 0 Å². The fraction of sp³-hybridized carbons (Fsp3) is 0.450. The van der Waals surface area contributed by atoms with Crippen LogP contribution in [0.25, 0.3) is 0 Å². The quantitative estimate of drug-likeness (QED) is 0.420. The van der Waals surface area contributed by atoms with E-state index in [9.17, 15) is 4.79 Å². The van der Waals surface area contributed by atoms with Crippen molar-refractivity contribution in [1.82, 2.24) is 25.5 Å². The molecular formula is C20H29N5O2S. The first-order chi connectivity index (χ1) is 13.3. The molecule has 0 saturated heterocycles. The zero-order valence-corrected chi connectivity index (χ0v) is 18.0. The summed E-state index contributed by atoms with van der Waals surface area (Å²) < 4.78 is 6.87. The van der Waals surface area contributed by atoms with E-state index in [1.165, 1.54) is 10.6 Å². The minimum Gasteiger partial charge on any atom is -0.385 e. The first-order valence-electron chi connectivity index (χ1n) is 9.24. The molecular weight excluding hydrogens is 374 g/mol. The summed E-state index contributed by atoms with van der Waals surface area (Å²) in [5.74, 6) is -0.228. The zero-order chi connectivity index (χ0) is 20.7. The van der Waals surface area contributed by atoms with E-state index in [0.717, 1.165) is 17.7 Å². The third kappa shape index (κ3) is 5.77. The summed E-state index contributed by atoms with van der Waals surface area (Å²) in [5.41, 5.74) is 7.25. The molecule has 0 aliphatic heterocycles. The van der Waals surface area contributed by atoms with Crippen molar-refractivity contribution in [3.63, 3.8) is 0 Å². The van der Waals surface area contributed by atoms with Crippen LogP contribution in [0.2, 0.25) is 0 Å². The summed E-state index contributed by atoms with van der Waals surface area (Å²) in [4.78, 5) is 12.8. The Labute approximate surface area is 172 Å². The molecule has 8 heteroatoms. The highest BCUT2D eigenvalue weighted by Crippen LogP contribution is 2.15. The zero-order valence-electron chi connectivity index (χ0n) is 17.2. The maximum absolute atomic E-state index is 12.8. The Hall–Kier alpha value is -2.45. The number of hydrogen-bond acceptors (Lipinski definition) is 4. The Morgan fingerprint density at radius 2 is 1.93 bits per heavy atom. The number of hydrogen-bond donors (Lipinski definition) is 2. The van der Waals surface area contributed by atoms with Gasteiger partial charge in [0.25, 0.3) is 5.91 Å². The lowest BCUT2D eigenvalue weighted by Gasteiger charge is -2.21. The van der Waals surface area contributed by atoms with Crippen LogP contribution in [0.4, 0.5) is 0 Å². The average Bonchev–Trinajstić information content (AvgIpc) is 2.93. The molecule has 28 heavy (non-hydrogen) atoms. The van der Waals surface area contributed by atoms with Gasteiger partial charge < -0.3 is 10.1 Å². The van der Waals surface area contributed by atoms with Gasteiger partial charge in [-0.3, -0.25) is 19.9 Å². The fourth-order valence-corrected chi connectivity index (χ4v) is 2.98. The maximum Gasteiger partial charge on any atom is 0.273 e. The molecule has 2 aromatic rings. The second-order valence-corrected chi connectivity index (χ2v) is 7.15. The summed E-state index contributed by atoms with van der Waals surface area (Å²) in [6, 6.07) is 8.30. The van der Waals surface area contributed by atoms with Crippen LogP contribution in [0.1, 0.15) is 39.3 Å². The van der Waals surface area contributed by atoms with E-state index in [-0.39, 0.29) is 5.91 Å². The Morgan fingerprint density at radius 1 is 1.25 bits per heavy atom. The molecule has 2 N–H and O–H groups in total. The number of ether oxygens (including phenoxy) is 1. The first kappa shape index (κ1) is 21.8. The maximum atomic E-state index is 12.8. The van der Waals surface area contributed by atoms with Crippen molar-refractivity contribution in [1.29, 1.82) is 0 Å². The van der Waals surface area contributed by atoms with Gasteiger partial charge in [0.15, 0.2) is 5.11 Å². The monoisotopic (exact) mass is 403 g/mol.